The molecule has 1 unspecified atom stereocenters. The van der Waals surface area contributed by atoms with Gasteiger partial charge in [-0.15, -0.1) is 0 Å². The van der Waals surface area contributed by atoms with Gasteiger partial charge in [0.2, 0.25) is 5.91 Å². The number of hydrogen-bond donors (Lipinski definition) is 1. The van der Waals surface area contributed by atoms with E-state index >= 15 is 0 Å². The first-order chi connectivity index (χ1) is 11.4. The van der Waals surface area contributed by atoms with Crippen LogP contribution in [0.1, 0.15) is 45.1 Å². The number of carbonyl (C=O) groups excluding carboxylic acids is 1. The molecule has 1 aromatic carbocycles. The summed E-state index contributed by atoms with van der Waals surface area (Å²) in [5.41, 5.74) is 0.302. The molecule has 132 valence electrons. The van der Waals surface area contributed by atoms with Crippen LogP contribution in [0.2, 0.25) is 0 Å². The van der Waals surface area contributed by atoms with Crippen LogP contribution in [0.15, 0.2) is 24.3 Å². The molecule has 1 saturated carbocycles. The predicted octanol–water partition coefficient (Wildman–Crippen LogP) is 3.12. The molecule has 2 rings (SSSR count). The molecule has 24 heavy (non-hydrogen) atoms. The van der Waals surface area contributed by atoms with Gasteiger partial charge in [-0.2, -0.15) is 0 Å². The van der Waals surface area contributed by atoms with Crippen LogP contribution >= 0.6 is 0 Å². The SMILES string of the molecule is CCN(C(=O)CC1(C(=O)O)CCC1)C(C)Cc1ccc(OC)cc1. The second-order valence-corrected chi connectivity index (χ2v) is 6.70. The van der Waals surface area contributed by atoms with Crippen molar-refractivity contribution in [1.29, 1.82) is 0 Å². The molecular formula is C19H27NO4. The monoisotopic (exact) mass is 333 g/mol. The van der Waals surface area contributed by atoms with E-state index in [0.717, 1.165) is 24.2 Å². The van der Waals surface area contributed by atoms with Crippen LogP contribution in [0.25, 0.3) is 0 Å². The Bertz CT molecular complexity index is 578. The van der Waals surface area contributed by atoms with Gasteiger partial charge in [0.25, 0.3) is 0 Å². The Kier molecular flexibility index (Phi) is 5.86. The molecule has 0 radical (unpaired) electrons. The minimum absolute atomic E-state index is 0.0295. The summed E-state index contributed by atoms with van der Waals surface area (Å²) in [6.45, 7) is 4.54. The smallest absolute Gasteiger partial charge is 0.310 e. The third kappa shape index (κ3) is 3.89. The van der Waals surface area contributed by atoms with Crippen molar-refractivity contribution >= 4 is 11.9 Å². The first-order valence-electron chi connectivity index (χ1n) is 8.57. The van der Waals surface area contributed by atoms with Crippen LogP contribution in [0.5, 0.6) is 5.75 Å². The van der Waals surface area contributed by atoms with Crippen molar-refractivity contribution in [3.8, 4) is 5.75 Å². The van der Waals surface area contributed by atoms with Crippen LogP contribution in [0.4, 0.5) is 0 Å². The summed E-state index contributed by atoms with van der Waals surface area (Å²) in [6, 6.07) is 7.85. The number of carboxylic acid groups (broad SMARTS) is 1. The minimum atomic E-state index is -0.832. The standard InChI is InChI=1S/C19H27NO4/c1-4-20(17(21)13-19(18(22)23)10-5-11-19)14(2)12-15-6-8-16(24-3)9-7-15/h6-9,14H,4-5,10-13H2,1-3H3,(H,22,23). The van der Waals surface area contributed by atoms with Crippen molar-refractivity contribution in [3.63, 3.8) is 0 Å². The van der Waals surface area contributed by atoms with E-state index < -0.39 is 11.4 Å². The number of methoxy groups -OCH3 is 1. The number of aliphatic carboxylic acids is 1. The number of benzene rings is 1. The summed E-state index contributed by atoms with van der Waals surface area (Å²) in [5.74, 6) is -0.0789. The third-order valence-electron chi connectivity index (χ3n) is 5.14. The highest BCUT2D eigenvalue weighted by Gasteiger charge is 2.46. The quantitative estimate of drug-likeness (QED) is 0.794. The molecule has 0 heterocycles. The van der Waals surface area contributed by atoms with Crippen LogP contribution < -0.4 is 4.74 Å². The fraction of sp³-hybridized carbons (Fsp3) is 0.579. The zero-order valence-electron chi connectivity index (χ0n) is 14.7. The summed E-state index contributed by atoms with van der Waals surface area (Å²) >= 11 is 0. The first kappa shape index (κ1) is 18.3. The average Bonchev–Trinajstić information content (AvgIpc) is 2.52. The number of amides is 1. The topological polar surface area (TPSA) is 66.8 Å². The maximum Gasteiger partial charge on any atom is 0.310 e. The van der Waals surface area contributed by atoms with E-state index in [2.05, 4.69) is 0 Å². The maximum atomic E-state index is 12.7. The lowest BCUT2D eigenvalue weighted by atomic mass is 9.66. The lowest BCUT2D eigenvalue weighted by molar-refractivity contribution is -0.160. The Morgan fingerprint density at radius 2 is 1.92 bits per heavy atom. The highest BCUT2D eigenvalue weighted by Crippen LogP contribution is 2.44. The van der Waals surface area contributed by atoms with Crippen molar-refractivity contribution in [2.45, 2.75) is 52.0 Å². The molecule has 0 saturated heterocycles. The van der Waals surface area contributed by atoms with Crippen LogP contribution in [-0.2, 0) is 16.0 Å². The maximum absolute atomic E-state index is 12.7. The lowest BCUT2D eigenvalue weighted by Crippen LogP contribution is -2.46. The van der Waals surface area contributed by atoms with E-state index in [1.165, 1.54) is 0 Å². The van der Waals surface area contributed by atoms with Gasteiger partial charge in [-0.05, 0) is 50.8 Å². The van der Waals surface area contributed by atoms with Gasteiger partial charge in [-0.25, -0.2) is 0 Å². The second kappa shape index (κ2) is 7.69. The average molecular weight is 333 g/mol. The van der Waals surface area contributed by atoms with E-state index in [0.29, 0.717) is 19.4 Å². The molecule has 5 nitrogen and oxygen atoms in total. The van der Waals surface area contributed by atoms with Gasteiger partial charge in [-0.1, -0.05) is 18.6 Å². The summed E-state index contributed by atoms with van der Waals surface area (Å²) in [7, 11) is 1.63. The molecular weight excluding hydrogens is 306 g/mol. The molecule has 1 fully saturated rings. The van der Waals surface area contributed by atoms with Gasteiger partial charge in [0, 0.05) is 19.0 Å². The summed E-state index contributed by atoms with van der Waals surface area (Å²) in [5, 5.41) is 9.43. The zero-order valence-corrected chi connectivity index (χ0v) is 14.7. The fourth-order valence-corrected chi connectivity index (χ4v) is 3.41. The van der Waals surface area contributed by atoms with Gasteiger partial charge >= 0.3 is 5.97 Å². The molecule has 1 aromatic rings. The van der Waals surface area contributed by atoms with E-state index in [-0.39, 0.29) is 18.4 Å². The number of ether oxygens (including phenoxy) is 1. The molecule has 0 bridgehead atoms. The van der Waals surface area contributed by atoms with Crippen molar-refractivity contribution in [3.05, 3.63) is 29.8 Å². The Hall–Kier alpha value is -2.04. The second-order valence-electron chi connectivity index (χ2n) is 6.70. The van der Waals surface area contributed by atoms with Gasteiger partial charge in [0.1, 0.15) is 5.75 Å². The zero-order chi connectivity index (χ0) is 17.7. The number of carbonyl (C=O) groups is 2. The Balaban J connectivity index is 2.00. The summed E-state index contributed by atoms with van der Waals surface area (Å²) in [4.78, 5) is 25.9. The van der Waals surface area contributed by atoms with Gasteiger partial charge in [0.15, 0.2) is 0 Å². The molecule has 5 heteroatoms. The van der Waals surface area contributed by atoms with Crippen molar-refractivity contribution in [2.24, 2.45) is 5.41 Å². The van der Waals surface area contributed by atoms with E-state index in [9.17, 15) is 14.7 Å². The van der Waals surface area contributed by atoms with Gasteiger partial charge < -0.3 is 14.7 Å². The molecule has 1 atom stereocenters. The first-order valence-corrected chi connectivity index (χ1v) is 8.57. The normalized spacial score (nSPS) is 16.8. The largest absolute Gasteiger partial charge is 0.497 e. The highest BCUT2D eigenvalue weighted by atomic mass is 16.5. The lowest BCUT2D eigenvalue weighted by Gasteiger charge is -2.39. The number of carboxylic acids is 1. The molecule has 0 aromatic heterocycles. The summed E-state index contributed by atoms with van der Waals surface area (Å²) < 4.78 is 5.16. The molecule has 1 aliphatic rings. The van der Waals surface area contributed by atoms with Gasteiger partial charge in [-0.3, -0.25) is 9.59 Å². The van der Waals surface area contributed by atoms with Crippen molar-refractivity contribution < 1.29 is 19.4 Å². The summed E-state index contributed by atoms with van der Waals surface area (Å²) in [6.07, 6.45) is 2.97. The number of rotatable bonds is 8. The fourth-order valence-electron chi connectivity index (χ4n) is 3.41. The molecule has 0 aliphatic heterocycles. The van der Waals surface area contributed by atoms with Crippen LogP contribution in [-0.4, -0.2) is 41.6 Å². The van der Waals surface area contributed by atoms with Crippen LogP contribution in [0, 0.1) is 5.41 Å². The predicted molar refractivity (Wildman–Crippen MR) is 92.1 cm³/mol. The van der Waals surface area contributed by atoms with Crippen molar-refractivity contribution in [2.75, 3.05) is 13.7 Å². The number of likely N-dealkylation sites (N-methyl/N-ethyl adjacent to an activating group) is 1. The minimum Gasteiger partial charge on any atom is -0.497 e. The number of hydrogen-bond acceptors (Lipinski definition) is 3. The third-order valence-corrected chi connectivity index (χ3v) is 5.14. The molecule has 0 spiro atoms. The van der Waals surface area contributed by atoms with Crippen LogP contribution in [0.3, 0.4) is 0 Å². The Morgan fingerprint density at radius 1 is 1.29 bits per heavy atom. The highest BCUT2D eigenvalue weighted by molar-refractivity contribution is 5.85. The van der Waals surface area contributed by atoms with E-state index in [4.69, 9.17) is 4.74 Å². The van der Waals surface area contributed by atoms with E-state index in [1.54, 1.807) is 12.0 Å². The van der Waals surface area contributed by atoms with Crippen molar-refractivity contribution in [1.82, 2.24) is 4.90 Å². The molecule has 1 amide bonds. The van der Waals surface area contributed by atoms with Gasteiger partial charge in [0.05, 0.1) is 12.5 Å². The Morgan fingerprint density at radius 3 is 2.33 bits per heavy atom. The molecule has 1 aliphatic carbocycles. The Labute approximate surface area is 143 Å². The molecule has 1 N–H and O–H groups in total. The number of nitrogens with zero attached hydrogens (tertiary/aromatic N) is 1. The van der Waals surface area contributed by atoms with E-state index in [1.807, 2.05) is 38.1 Å².